The van der Waals surface area contributed by atoms with Gasteiger partial charge in [0.1, 0.15) is 0 Å². The fourth-order valence-electron chi connectivity index (χ4n) is 2.24. The molecule has 22 heavy (non-hydrogen) atoms. The van der Waals surface area contributed by atoms with Gasteiger partial charge in [-0.05, 0) is 31.0 Å². The fraction of sp³-hybridized carbons (Fsp3) is 0.529. The van der Waals surface area contributed by atoms with Gasteiger partial charge in [-0.1, -0.05) is 31.0 Å². The molecule has 0 fully saturated rings. The number of halogens is 1. The van der Waals surface area contributed by atoms with Crippen LogP contribution in [0, 0.1) is 6.92 Å². The number of benzene rings is 1. The van der Waals surface area contributed by atoms with Crippen molar-refractivity contribution in [2.45, 2.75) is 40.0 Å². The second-order valence-electron chi connectivity index (χ2n) is 5.52. The van der Waals surface area contributed by atoms with Crippen molar-refractivity contribution in [2.75, 3.05) is 25.0 Å². The van der Waals surface area contributed by atoms with E-state index in [-0.39, 0.29) is 11.8 Å². The lowest BCUT2D eigenvalue weighted by atomic mass is 10.1. The molecular formula is C17H25ClN2O2. The smallest absolute Gasteiger partial charge is 0.224 e. The first kappa shape index (κ1) is 18.5. The highest BCUT2D eigenvalue weighted by Gasteiger charge is 2.17. The molecule has 1 aromatic rings. The molecule has 5 heteroatoms. The average Bonchev–Trinajstić information content (AvgIpc) is 2.47. The molecule has 122 valence electrons. The summed E-state index contributed by atoms with van der Waals surface area (Å²) in [7, 11) is 1.81. The number of hydrogen-bond donors (Lipinski definition) is 0. The molecule has 0 spiro atoms. The van der Waals surface area contributed by atoms with Gasteiger partial charge in [-0.15, -0.1) is 0 Å². The number of nitrogens with zero attached hydrogens (tertiary/aromatic N) is 2. The van der Waals surface area contributed by atoms with E-state index in [0.29, 0.717) is 18.0 Å². The molecule has 0 N–H and O–H groups in total. The quantitative estimate of drug-likeness (QED) is 0.768. The topological polar surface area (TPSA) is 40.6 Å². The summed E-state index contributed by atoms with van der Waals surface area (Å²) in [5, 5.41) is 0.582. The average molecular weight is 325 g/mol. The Morgan fingerprint density at radius 3 is 2.50 bits per heavy atom. The molecule has 0 saturated heterocycles. The lowest BCUT2D eigenvalue weighted by Crippen LogP contribution is -2.35. The molecule has 2 amide bonds. The van der Waals surface area contributed by atoms with Crippen molar-refractivity contribution in [1.82, 2.24) is 4.90 Å². The van der Waals surface area contributed by atoms with Crippen molar-refractivity contribution in [3.8, 4) is 0 Å². The van der Waals surface area contributed by atoms with E-state index in [9.17, 15) is 9.59 Å². The normalized spacial score (nSPS) is 10.4. The number of carbonyl (C=O) groups is 2. The van der Waals surface area contributed by atoms with Gasteiger partial charge in [0.2, 0.25) is 11.8 Å². The van der Waals surface area contributed by atoms with Crippen molar-refractivity contribution >= 4 is 29.1 Å². The zero-order chi connectivity index (χ0) is 16.7. The van der Waals surface area contributed by atoms with E-state index in [4.69, 9.17) is 11.6 Å². The molecular weight excluding hydrogens is 300 g/mol. The van der Waals surface area contributed by atoms with Crippen molar-refractivity contribution in [1.29, 1.82) is 0 Å². The minimum atomic E-state index is -0.0885. The summed E-state index contributed by atoms with van der Waals surface area (Å²) in [6.45, 7) is 6.65. The molecule has 0 bridgehead atoms. The van der Waals surface area contributed by atoms with Gasteiger partial charge in [0.25, 0.3) is 0 Å². The molecule has 0 aliphatic heterocycles. The summed E-state index contributed by atoms with van der Waals surface area (Å²) in [5.41, 5.74) is 1.73. The highest BCUT2D eigenvalue weighted by molar-refractivity contribution is 6.31. The van der Waals surface area contributed by atoms with Crippen LogP contribution >= 0.6 is 11.6 Å². The third kappa shape index (κ3) is 5.34. The van der Waals surface area contributed by atoms with Gasteiger partial charge in [0.15, 0.2) is 0 Å². The van der Waals surface area contributed by atoms with Gasteiger partial charge >= 0.3 is 0 Å². The van der Waals surface area contributed by atoms with E-state index in [0.717, 1.165) is 30.6 Å². The Balaban J connectivity index is 2.75. The zero-order valence-electron chi connectivity index (χ0n) is 13.9. The monoisotopic (exact) mass is 324 g/mol. The minimum absolute atomic E-state index is 0.0550. The van der Waals surface area contributed by atoms with Crippen LogP contribution in [0.5, 0.6) is 0 Å². The number of hydrogen-bond acceptors (Lipinski definition) is 2. The molecule has 1 aromatic carbocycles. The van der Waals surface area contributed by atoms with E-state index in [2.05, 4.69) is 6.92 Å². The molecule has 0 aliphatic rings. The zero-order valence-corrected chi connectivity index (χ0v) is 14.6. The third-order valence-electron chi connectivity index (χ3n) is 3.66. The summed E-state index contributed by atoms with van der Waals surface area (Å²) >= 11 is 6.02. The summed E-state index contributed by atoms with van der Waals surface area (Å²) < 4.78 is 0. The molecule has 0 saturated carbocycles. The SMILES string of the molecule is CCCCN(C)C(=O)CCN(C(C)=O)c1cc(Cl)ccc1C. The minimum Gasteiger partial charge on any atom is -0.346 e. The summed E-state index contributed by atoms with van der Waals surface area (Å²) in [5.74, 6) is -0.0336. The Morgan fingerprint density at radius 1 is 1.23 bits per heavy atom. The maximum absolute atomic E-state index is 12.1. The van der Waals surface area contributed by atoms with Gasteiger partial charge in [-0.2, -0.15) is 0 Å². The molecule has 0 aromatic heterocycles. The van der Waals surface area contributed by atoms with Gasteiger partial charge in [-0.3, -0.25) is 9.59 Å². The second kappa shape index (κ2) is 8.79. The first-order valence-corrected chi connectivity index (χ1v) is 8.02. The highest BCUT2D eigenvalue weighted by atomic mass is 35.5. The Bertz CT molecular complexity index is 531. The van der Waals surface area contributed by atoms with Crippen LogP contribution < -0.4 is 4.90 Å². The number of aryl methyl sites for hydroxylation is 1. The van der Waals surface area contributed by atoms with Crippen LogP contribution in [0.4, 0.5) is 5.69 Å². The van der Waals surface area contributed by atoms with Crippen LogP contribution in [0.15, 0.2) is 18.2 Å². The maximum Gasteiger partial charge on any atom is 0.224 e. The summed E-state index contributed by atoms with van der Waals surface area (Å²) in [6, 6.07) is 5.44. The lowest BCUT2D eigenvalue weighted by Gasteiger charge is -2.24. The first-order valence-electron chi connectivity index (χ1n) is 7.65. The number of carbonyl (C=O) groups excluding carboxylic acids is 2. The van der Waals surface area contributed by atoms with E-state index < -0.39 is 0 Å². The predicted molar refractivity (Wildman–Crippen MR) is 91.4 cm³/mol. The van der Waals surface area contributed by atoms with E-state index in [1.807, 2.05) is 13.0 Å². The number of unbranched alkanes of at least 4 members (excludes halogenated alkanes) is 1. The predicted octanol–water partition coefficient (Wildman–Crippen LogP) is 3.65. The van der Waals surface area contributed by atoms with Crippen LogP contribution in [0.3, 0.4) is 0 Å². The van der Waals surface area contributed by atoms with Gasteiger partial charge in [-0.25, -0.2) is 0 Å². The number of anilines is 1. The second-order valence-corrected chi connectivity index (χ2v) is 5.96. The molecule has 0 heterocycles. The summed E-state index contributed by atoms with van der Waals surface area (Å²) in [4.78, 5) is 27.4. The van der Waals surface area contributed by atoms with Crippen molar-refractivity contribution in [3.05, 3.63) is 28.8 Å². The Morgan fingerprint density at radius 2 is 1.91 bits per heavy atom. The molecule has 0 radical (unpaired) electrons. The molecule has 4 nitrogen and oxygen atoms in total. The van der Waals surface area contributed by atoms with Crippen LogP contribution in [0.1, 0.15) is 38.7 Å². The van der Waals surface area contributed by atoms with E-state index >= 15 is 0 Å². The molecule has 0 aliphatic carbocycles. The summed E-state index contributed by atoms with van der Waals surface area (Å²) in [6.07, 6.45) is 2.36. The standard InChI is InChI=1S/C17H25ClN2O2/c1-5-6-10-19(4)17(22)9-11-20(14(3)21)16-12-15(18)8-7-13(16)2/h7-8,12H,5-6,9-11H2,1-4H3. The van der Waals surface area contributed by atoms with Crippen LogP contribution in [-0.2, 0) is 9.59 Å². The number of rotatable bonds is 7. The largest absolute Gasteiger partial charge is 0.346 e. The van der Waals surface area contributed by atoms with Crippen molar-refractivity contribution in [3.63, 3.8) is 0 Å². The lowest BCUT2D eigenvalue weighted by molar-refractivity contribution is -0.129. The van der Waals surface area contributed by atoms with E-state index in [1.54, 1.807) is 29.0 Å². The first-order chi connectivity index (χ1) is 10.4. The Labute approximate surface area is 138 Å². The Kier molecular flexibility index (Phi) is 7.39. The van der Waals surface area contributed by atoms with Crippen molar-refractivity contribution < 1.29 is 9.59 Å². The van der Waals surface area contributed by atoms with Gasteiger partial charge in [0.05, 0.1) is 0 Å². The molecule has 0 unspecified atom stereocenters. The maximum atomic E-state index is 12.1. The van der Waals surface area contributed by atoms with Gasteiger partial charge in [0, 0.05) is 44.2 Å². The van der Waals surface area contributed by atoms with Crippen molar-refractivity contribution in [2.24, 2.45) is 0 Å². The van der Waals surface area contributed by atoms with Gasteiger partial charge < -0.3 is 9.80 Å². The Hall–Kier alpha value is -1.55. The number of amides is 2. The third-order valence-corrected chi connectivity index (χ3v) is 3.90. The molecule has 1 rings (SSSR count). The fourth-order valence-corrected chi connectivity index (χ4v) is 2.41. The molecule has 0 atom stereocenters. The van der Waals surface area contributed by atoms with E-state index in [1.165, 1.54) is 6.92 Å². The van der Waals surface area contributed by atoms with Crippen LogP contribution in [-0.4, -0.2) is 36.9 Å². The van der Waals surface area contributed by atoms with Crippen LogP contribution in [0.2, 0.25) is 5.02 Å². The highest BCUT2D eigenvalue weighted by Crippen LogP contribution is 2.24. The van der Waals surface area contributed by atoms with Crippen LogP contribution in [0.25, 0.3) is 0 Å².